The van der Waals surface area contributed by atoms with E-state index in [1.54, 1.807) is 6.07 Å². The molecule has 0 amide bonds. The number of benzene rings is 2. The number of fused-ring (bicyclic) bond motifs is 1. The second-order valence-electron chi connectivity index (χ2n) is 5.87. The number of nitrogens with zero attached hydrogens (tertiary/aromatic N) is 4. The van der Waals surface area contributed by atoms with Gasteiger partial charge in [0.05, 0.1) is 0 Å². The van der Waals surface area contributed by atoms with Gasteiger partial charge in [-0.1, -0.05) is 42.5 Å². The van der Waals surface area contributed by atoms with Crippen LogP contribution in [0.3, 0.4) is 0 Å². The van der Waals surface area contributed by atoms with Crippen LogP contribution in [0, 0.1) is 0 Å². The molecule has 0 radical (unpaired) electrons. The summed E-state index contributed by atoms with van der Waals surface area (Å²) in [4.78, 5) is 0. The molecule has 4 rings (SSSR count). The van der Waals surface area contributed by atoms with E-state index in [0.29, 0.717) is 16.7 Å². The molecule has 0 unspecified atom stereocenters. The van der Waals surface area contributed by atoms with Crippen LogP contribution in [0.15, 0.2) is 66.7 Å². The van der Waals surface area contributed by atoms with Crippen LogP contribution in [-0.4, -0.2) is 19.8 Å². The van der Waals surface area contributed by atoms with Gasteiger partial charge in [-0.3, -0.25) is 0 Å². The summed E-state index contributed by atoms with van der Waals surface area (Å²) in [7, 11) is 0. The molecule has 0 aliphatic carbocycles. The van der Waals surface area contributed by atoms with Crippen molar-refractivity contribution >= 4 is 5.65 Å². The molecule has 2 aromatic carbocycles. The van der Waals surface area contributed by atoms with Gasteiger partial charge in [-0.25, -0.2) is 0 Å². The lowest BCUT2D eigenvalue weighted by Gasteiger charge is -2.08. The molecule has 0 bridgehead atoms. The second kappa shape index (κ2) is 6.71. The van der Waals surface area contributed by atoms with Gasteiger partial charge < -0.3 is 4.74 Å². The van der Waals surface area contributed by atoms with Crippen molar-refractivity contribution in [2.24, 2.45) is 0 Å². The Labute approximate surface area is 152 Å². The van der Waals surface area contributed by atoms with E-state index in [2.05, 4.69) is 15.3 Å². The van der Waals surface area contributed by atoms with Crippen molar-refractivity contribution in [2.45, 2.75) is 12.6 Å². The SMILES string of the molecule is FC(F)(F)c1nnc2ccc(Oc3cccc(Cc4ccccc4)c3)nn12. The Morgan fingerprint density at radius 3 is 2.41 bits per heavy atom. The van der Waals surface area contributed by atoms with Crippen LogP contribution >= 0.6 is 0 Å². The molecule has 0 fully saturated rings. The lowest BCUT2D eigenvalue weighted by atomic mass is 10.1. The van der Waals surface area contributed by atoms with Crippen LogP contribution in [0.2, 0.25) is 0 Å². The van der Waals surface area contributed by atoms with E-state index in [4.69, 9.17) is 4.74 Å². The molecule has 5 nitrogen and oxygen atoms in total. The maximum atomic E-state index is 13.0. The normalized spacial score (nSPS) is 11.7. The summed E-state index contributed by atoms with van der Waals surface area (Å²) in [5, 5.41) is 10.5. The third kappa shape index (κ3) is 3.74. The second-order valence-corrected chi connectivity index (χ2v) is 5.87. The van der Waals surface area contributed by atoms with Gasteiger partial charge in [0, 0.05) is 6.07 Å². The number of alkyl halides is 3. The third-order valence-corrected chi connectivity index (χ3v) is 3.86. The first-order chi connectivity index (χ1) is 13.0. The fourth-order valence-corrected chi connectivity index (χ4v) is 2.67. The molecule has 0 aliphatic rings. The van der Waals surface area contributed by atoms with Gasteiger partial charge in [0.1, 0.15) is 5.75 Å². The molecule has 0 atom stereocenters. The highest BCUT2D eigenvalue weighted by Gasteiger charge is 2.37. The maximum absolute atomic E-state index is 13.0. The molecule has 0 N–H and O–H groups in total. The van der Waals surface area contributed by atoms with Crippen LogP contribution in [0.4, 0.5) is 13.2 Å². The van der Waals surface area contributed by atoms with Gasteiger partial charge in [0.15, 0.2) is 5.65 Å². The summed E-state index contributed by atoms with van der Waals surface area (Å²) >= 11 is 0. The predicted molar refractivity (Wildman–Crippen MR) is 91.5 cm³/mol. The highest BCUT2D eigenvalue weighted by atomic mass is 19.4. The summed E-state index contributed by atoms with van der Waals surface area (Å²) in [6.07, 6.45) is -3.94. The van der Waals surface area contributed by atoms with Crippen LogP contribution in [0.25, 0.3) is 5.65 Å². The van der Waals surface area contributed by atoms with Crippen molar-refractivity contribution in [1.29, 1.82) is 0 Å². The standard InChI is InChI=1S/C19H13F3N4O/c20-19(21,22)18-24-23-16-9-10-17(25-26(16)18)27-15-8-4-7-14(12-15)11-13-5-2-1-3-6-13/h1-10,12H,11H2. The minimum absolute atomic E-state index is 0.00694. The van der Waals surface area contributed by atoms with Crippen molar-refractivity contribution in [3.05, 3.63) is 83.7 Å². The molecular formula is C19H13F3N4O. The zero-order valence-corrected chi connectivity index (χ0v) is 13.9. The molecule has 136 valence electrons. The molecule has 27 heavy (non-hydrogen) atoms. The van der Waals surface area contributed by atoms with E-state index in [9.17, 15) is 13.2 Å². The number of ether oxygens (including phenoxy) is 1. The van der Waals surface area contributed by atoms with Crippen LogP contribution in [0.1, 0.15) is 17.0 Å². The van der Waals surface area contributed by atoms with Crippen molar-refractivity contribution in [1.82, 2.24) is 19.8 Å². The Bertz CT molecular complexity index is 1080. The first-order valence-corrected chi connectivity index (χ1v) is 8.09. The Kier molecular flexibility index (Phi) is 4.23. The van der Waals surface area contributed by atoms with E-state index < -0.39 is 12.0 Å². The largest absolute Gasteiger partial charge is 0.453 e. The molecule has 2 aromatic heterocycles. The lowest BCUT2D eigenvalue weighted by Crippen LogP contribution is -2.12. The zero-order valence-electron chi connectivity index (χ0n) is 13.9. The fraction of sp³-hybridized carbons (Fsp3) is 0.105. The van der Waals surface area contributed by atoms with E-state index in [1.165, 1.54) is 12.1 Å². The number of hydrogen-bond acceptors (Lipinski definition) is 4. The monoisotopic (exact) mass is 370 g/mol. The van der Waals surface area contributed by atoms with Crippen LogP contribution in [0.5, 0.6) is 11.6 Å². The van der Waals surface area contributed by atoms with Gasteiger partial charge in [-0.2, -0.15) is 17.7 Å². The zero-order chi connectivity index (χ0) is 18.9. The maximum Gasteiger partial charge on any atom is 0.453 e. The van der Waals surface area contributed by atoms with Gasteiger partial charge in [-0.05, 0) is 35.7 Å². The number of hydrogen-bond donors (Lipinski definition) is 0. The lowest BCUT2D eigenvalue weighted by molar-refractivity contribution is -0.146. The molecular weight excluding hydrogens is 357 g/mol. The molecule has 0 aliphatic heterocycles. The summed E-state index contributed by atoms with van der Waals surface area (Å²) < 4.78 is 45.2. The number of halogens is 3. The van der Waals surface area contributed by atoms with Crippen molar-refractivity contribution in [2.75, 3.05) is 0 Å². The minimum atomic E-state index is -4.65. The topological polar surface area (TPSA) is 52.3 Å². The Morgan fingerprint density at radius 2 is 1.63 bits per heavy atom. The van der Waals surface area contributed by atoms with Crippen LogP contribution < -0.4 is 4.74 Å². The summed E-state index contributed by atoms with van der Waals surface area (Å²) in [6.45, 7) is 0. The average molecular weight is 370 g/mol. The molecule has 0 spiro atoms. The van der Waals surface area contributed by atoms with Gasteiger partial charge in [0.2, 0.25) is 5.88 Å². The first-order valence-electron chi connectivity index (χ1n) is 8.09. The van der Waals surface area contributed by atoms with Gasteiger partial charge in [-0.15, -0.1) is 15.3 Å². The molecule has 0 saturated carbocycles. The van der Waals surface area contributed by atoms with Gasteiger partial charge >= 0.3 is 6.18 Å². The number of aromatic nitrogens is 4. The quantitative estimate of drug-likeness (QED) is 0.530. The molecule has 4 aromatic rings. The van der Waals surface area contributed by atoms with E-state index in [1.807, 2.05) is 48.5 Å². The predicted octanol–water partition coefficient (Wildman–Crippen LogP) is 4.53. The van der Waals surface area contributed by atoms with Crippen molar-refractivity contribution in [3.8, 4) is 11.6 Å². The fourth-order valence-electron chi connectivity index (χ4n) is 2.67. The van der Waals surface area contributed by atoms with Crippen molar-refractivity contribution in [3.63, 3.8) is 0 Å². The molecule has 2 heterocycles. The molecule has 8 heteroatoms. The Morgan fingerprint density at radius 1 is 0.852 bits per heavy atom. The van der Waals surface area contributed by atoms with E-state index >= 15 is 0 Å². The minimum Gasteiger partial charge on any atom is -0.438 e. The summed E-state index contributed by atoms with van der Waals surface area (Å²) in [5.74, 6) is -0.692. The number of rotatable bonds is 4. The van der Waals surface area contributed by atoms with E-state index in [-0.39, 0.29) is 11.5 Å². The van der Waals surface area contributed by atoms with Crippen molar-refractivity contribution < 1.29 is 17.9 Å². The summed E-state index contributed by atoms with van der Waals surface area (Å²) in [6, 6.07) is 20.1. The van der Waals surface area contributed by atoms with Crippen LogP contribution in [-0.2, 0) is 12.6 Å². The molecule has 0 saturated heterocycles. The Hall–Kier alpha value is -3.42. The average Bonchev–Trinajstić information content (AvgIpc) is 3.06. The first kappa shape index (κ1) is 17.0. The highest BCUT2D eigenvalue weighted by Crippen LogP contribution is 2.28. The van der Waals surface area contributed by atoms with Gasteiger partial charge in [0.25, 0.3) is 5.82 Å². The Balaban J connectivity index is 1.60. The van der Waals surface area contributed by atoms with E-state index in [0.717, 1.165) is 11.1 Å². The third-order valence-electron chi connectivity index (χ3n) is 3.86. The highest BCUT2D eigenvalue weighted by molar-refractivity contribution is 5.40. The smallest absolute Gasteiger partial charge is 0.438 e. The summed E-state index contributed by atoms with van der Waals surface area (Å²) in [5.41, 5.74) is 2.15.